The highest BCUT2D eigenvalue weighted by Gasteiger charge is 2.54. The summed E-state index contributed by atoms with van der Waals surface area (Å²) in [6.45, 7) is 0. The number of anilines is 1. The Bertz CT molecular complexity index is 1190. The Balaban J connectivity index is 1.45. The summed E-state index contributed by atoms with van der Waals surface area (Å²) in [6.07, 6.45) is 1.37. The number of carbonyl (C=O) groups is 1. The predicted octanol–water partition coefficient (Wildman–Crippen LogP) is 5.30. The van der Waals surface area contributed by atoms with Crippen LogP contribution in [0.3, 0.4) is 0 Å². The lowest BCUT2D eigenvalue weighted by Crippen LogP contribution is -2.28. The molecule has 3 aromatic carbocycles. The third-order valence-corrected chi connectivity index (χ3v) is 5.36. The molecule has 138 valence electrons. The Morgan fingerprint density at radius 2 is 1.75 bits per heavy atom. The van der Waals surface area contributed by atoms with Crippen molar-refractivity contribution in [2.75, 3.05) is 5.32 Å². The van der Waals surface area contributed by atoms with E-state index in [2.05, 4.69) is 10.5 Å². The minimum atomic E-state index is -0.718. The summed E-state index contributed by atoms with van der Waals surface area (Å²) in [5, 5.41) is 9.19. The zero-order chi connectivity index (χ0) is 19.1. The Morgan fingerprint density at radius 1 is 1.00 bits per heavy atom. The largest absolute Gasteiger partial charge is 0.356 e. The van der Waals surface area contributed by atoms with E-state index in [9.17, 15) is 9.18 Å². The first-order valence-corrected chi connectivity index (χ1v) is 9.19. The van der Waals surface area contributed by atoms with Crippen LogP contribution in [0.2, 0.25) is 0 Å². The number of carbonyl (C=O) groups excluding carboxylic acids is 1. The van der Waals surface area contributed by atoms with Crippen LogP contribution in [0.25, 0.3) is 22.1 Å². The van der Waals surface area contributed by atoms with Crippen LogP contribution in [-0.4, -0.2) is 11.1 Å². The highest BCUT2D eigenvalue weighted by Crippen LogP contribution is 2.49. The van der Waals surface area contributed by atoms with Gasteiger partial charge in [0.1, 0.15) is 5.82 Å². The summed E-state index contributed by atoms with van der Waals surface area (Å²) in [7, 11) is 0. The van der Waals surface area contributed by atoms with Gasteiger partial charge in [0.2, 0.25) is 5.91 Å². The predicted molar refractivity (Wildman–Crippen MR) is 105 cm³/mol. The summed E-state index contributed by atoms with van der Waals surface area (Å²) in [5.74, 6) is -0.162. The van der Waals surface area contributed by atoms with Gasteiger partial charge in [0.25, 0.3) is 0 Å². The first kappa shape index (κ1) is 16.7. The highest BCUT2D eigenvalue weighted by atomic mass is 19.1. The van der Waals surface area contributed by atoms with Gasteiger partial charge in [-0.05, 0) is 36.4 Å². The van der Waals surface area contributed by atoms with E-state index in [1.165, 1.54) is 6.07 Å². The van der Waals surface area contributed by atoms with Crippen molar-refractivity contribution in [1.29, 1.82) is 0 Å². The smallest absolute Gasteiger partial charge is 0.236 e. The van der Waals surface area contributed by atoms with Crippen LogP contribution in [0, 0.1) is 5.82 Å². The van der Waals surface area contributed by atoms with Crippen LogP contribution in [0.15, 0.2) is 77.3 Å². The van der Waals surface area contributed by atoms with Crippen LogP contribution in [-0.2, 0) is 10.2 Å². The van der Waals surface area contributed by atoms with Gasteiger partial charge in [0.15, 0.2) is 5.76 Å². The van der Waals surface area contributed by atoms with E-state index in [0.29, 0.717) is 29.9 Å². The summed E-state index contributed by atoms with van der Waals surface area (Å²) >= 11 is 0. The topological polar surface area (TPSA) is 55.1 Å². The molecule has 5 heteroatoms. The van der Waals surface area contributed by atoms with Crippen LogP contribution in [0.5, 0.6) is 0 Å². The van der Waals surface area contributed by atoms with Gasteiger partial charge in [-0.3, -0.25) is 4.79 Å². The van der Waals surface area contributed by atoms with Crippen LogP contribution in [0.1, 0.15) is 18.5 Å². The molecule has 0 spiro atoms. The third kappa shape index (κ3) is 2.67. The van der Waals surface area contributed by atoms with Crippen LogP contribution < -0.4 is 5.32 Å². The lowest BCUT2D eigenvalue weighted by Gasteiger charge is -2.14. The Hall–Kier alpha value is -3.47. The molecule has 0 aliphatic heterocycles. The van der Waals surface area contributed by atoms with Crippen molar-refractivity contribution < 1.29 is 13.7 Å². The van der Waals surface area contributed by atoms with Crippen molar-refractivity contribution in [2.24, 2.45) is 0 Å². The molecule has 5 rings (SSSR count). The quantitative estimate of drug-likeness (QED) is 0.529. The summed E-state index contributed by atoms with van der Waals surface area (Å²) in [4.78, 5) is 13.1. The van der Waals surface area contributed by atoms with Crippen molar-refractivity contribution in [2.45, 2.75) is 18.3 Å². The molecule has 1 aliphatic rings. The maximum Gasteiger partial charge on any atom is 0.236 e. The molecular weight excluding hydrogens is 355 g/mol. The first-order chi connectivity index (χ1) is 13.7. The van der Waals surface area contributed by atoms with Gasteiger partial charge < -0.3 is 9.84 Å². The summed E-state index contributed by atoms with van der Waals surface area (Å²) in [6, 6.07) is 21.8. The number of hydrogen-bond donors (Lipinski definition) is 1. The molecule has 1 heterocycles. The number of amides is 1. The molecule has 1 N–H and O–H groups in total. The van der Waals surface area contributed by atoms with Crippen molar-refractivity contribution in [3.63, 3.8) is 0 Å². The van der Waals surface area contributed by atoms with Crippen molar-refractivity contribution >= 4 is 22.4 Å². The average molecular weight is 372 g/mol. The van der Waals surface area contributed by atoms with Crippen molar-refractivity contribution in [1.82, 2.24) is 5.16 Å². The number of nitrogens with zero attached hydrogens (tertiary/aromatic N) is 1. The Labute approximate surface area is 161 Å². The maximum absolute atomic E-state index is 14.0. The summed E-state index contributed by atoms with van der Waals surface area (Å²) in [5.41, 5.74) is 0.937. The van der Waals surface area contributed by atoms with Gasteiger partial charge in [-0.2, -0.15) is 0 Å². The fraction of sp³-hybridized carbons (Fsp3) is 0.130. The van der Waals surface area contributed by atoms with E-state index in [-0.39, 0.29) is 11.7 Å². The van der Waals surface area contributed by atoms with E-state index in [0.717, 1.165) is 16.5 Å². The van der Waals surface area contributed by atoms with E-state index in [1.807, 2.05) is 42.5 Å². The number of nitrogens with one attached hydrogen (secondary N) is 1. The highest BCUT2D eigenvalue weighted by molar-refractivity contribution is 6.07. The number of hydrogen-bond acceptors (Lipinski definition) is 3. The van der Waals surface area contributed by atoms with Crippen LogP contribution in [0.4, 0.5) is 10.1 Å². The maximum atomic E-state index is 14.0. The second kappa shape index (κ2) is 6.30. The fourth-order valence-corrected chi connectivity index (χ4v) is 3.59. The minimum Gasteiger partial charge on any atom is -0.356 e. The molecule has 1 fully saturated rings. The molecule has 1 aromatic heterocycles. The lowest BCUT2D eigenvalue weighted by atomic mass is 9.99. The number of aromatic nitrogens is 1. The molecule has 0 radical (unpaired) electrons. The van der Waals surface area contributed by atoms with E-state index in [1.54, 1.807) is 24.3 Å². The molecule has 4 nitrogen and oxygen atoms in total. The van der Waals surface area contributed by atoms with Gasteiger partial charge in [-0.1, -0.05) is 53.7 Å². The molecule has 28 heavy (non-hydrogen) atoms. The Morgan fingerprint density at radius 3 is 2.57 bits per heavy atom. The number of halogens is 1. The van der Waals surface area contributed by atoms with Gasteiger partial charge >= 0.3 is 0 Å². The number of benzene rings is 3. The molecule has 4 aromatic rings. The van der Waals surface area contributed by atoms with Crippen LogP contribution >= 0.6 is 0 Å². The summed E-state index contributed by atoms with van der Waals surface area (Å²) < 4.78 is 19.4. The first-order valence-electron chi connectivity index (χ1n) is 9.19. The van der Waals surface area contributed by atoms with Gasteiger partial charge in [0.05, 0.1) is 16.7 Å². The molecular formula is C23H17FN2O2. The van der Waals surface area contributed by atoms with Gasteiger partial charge in [-0.25, -0.2) is 4.39 Å². The fourth-order valence-electron chi connectivity index (χ4n) is 3.59. The molecule has 0 unspecified atom stereocenters. The molecule has 1 saturated carbocycles. The number of rotatable bonds is 4. The van der Waals surface area contributed by atoms with Crippen molar-refractivity contribution in [3.05, 3.63) is 84.3 Å². The van der Waals surface area contributed by atoms with Crippen molar-refractivity contribution in [3.8, 4) is 11.3 Å². The minimum absolute atomic E-state index is 0.114. The third-order valence-electron chi connectivity index (χ3n) is 5.36. The second-order valence-corrected chi connectivity index (χ2v) is 7.12. The monoisotopic (exact) mass is 372 g/mol. The van der Waals surface area contributed by atoms with E-state index >= 15 is 0 Å². The molecule has 0 bridgehead atoms. The molecule has 1 aliphatic carbocycles. The van der Waals surface area contributed by atoms with Gasteiger partial charge in [0, 0.05) is 17.1 Å². The molecule has 0 saturated heterocycles. The molecule has 0 atom stereocenters. The van der Waals surface area contributed by atoms with Gasteiger partial charge in [-0.15, -0.1) is 0 Å². The van der Waals surface area contributed by atoms with E-state index < -0.39 is 5.41 Å². The lowest BCUT2D eigenvalue weighted by molar-refractivity contribution is -0.118. The van der Waals surface area contributed by atoms with E-state index in [4.69, 9.17) is 4.52 Å². The SMILES string of the molecule is O=C(Nc1cccc2ccccc12)C1(c2cc(-c3ccccc3F)on2)CC1. The number of fused-ring (bicyclic) bond motifs is 1. The normalized spacial score (nSPS) is 14.8. The Kier molecular flexibility index (Phi) is 3.76. The zero-order valence-corrected chi connectivity index (χ0v) is 15.0. The molecule has 1 amide bonds. The standard InChI is InChI=1S/C23H17FN2O2/c24-18-10-4-3-9-17(18)20-14-21(26-28-20)23(12-13-23)22(27)25-19-11-5-7-15-6-1-2-8-16(15)19/h1-11,14H,12-13H2,(H,25,27). The average Bonchev–Trinajstić information content (AvgIpc) is 3.39. The second-order valence-electron chi connectivity index (χ2n) is 7.12. The zero-order valence-electron chi connectivity index (χ0n) is 15.0.